The molecule has 0 spiro atoms. The van der Waals surface area contributed by atoms with E-state index < -0.39 is 10.9 Å². The van der Waals surface area contributed by atoms with Gasteiger partial charge in [-0.1, -0.05) is 48.5 Å². The molecule has 166 valence electrons. The quantitative estimate of drug-likeness (QED) is 0.236. The standard InChI is InChI=1S/C28H14N2O5/c31-19-11-18-24(22-21(19)27(34)14-7-3-4-8-15(14)28(22)35)29-17-10-9-16-20(23(17)30-18)26(33)13-6-2-1-5-12(13)25(16)32/h1-11,29-31H. The highest BCUT2D eigenvalue weighted by Crippen LogP contribution is 2.31. The molecule has 35 heavy (non-hydrogen) atoms. The normalized spacial score (nSPS) is 12.0. The summed E-state index contributed by atoms with van der Waals surface area (Å²) in [5, 5.41) is 12.4. The SMILES string of the molecule is O=c1c2ccccc2c(=O)c2c1ccc1[nH]c3c(cc(O)c4c(=O)c5ccccc5c(=O)c43)[nH]c12. The summed E-state index contributed by atoms with van der Waals surface area (Å²) >= 11 is 0. The maximum Gasteiger partial charge on any atom is 0.198 e. The summed E-state index contributed by atoms with van der Waals surface area (Å²) in [5.41, 5.74) is 0.114. The van der Waals surface area contributed by atoms with E-state index >= 15 is 0 Å². The molecular weight excluding hydrogens is 444 g/mol. The van der Waals surface area contributed by atoms with Gasteiger partial charge in [-0.2, -0.15) is 0 Å². The first kappa shape index (κ1) is 19.4. The van der Waals surface area contributed by atoms with Gasteiger partial charge in [0.25, 0.3) is 0 Å². The summed E-state index contributed by atoms with van der Waals surface area (Å²) in [4.78, 5) is 59.4. The number of hydrogen-bond acceptors (Lipinski definition) is 5. The predicted octanol–water partition coefficient (Wildman–Crippen LogP) is 3.85. The molecule has 0 unspecified atom stereocenters. The molecule has 7 heteroatoms. The van der Waals surface area contributed by atoms with Crippen molar-refractivity contribution in [2.75, 3.05) is 0 Å². The smallest absolute Gasteiger partial charge is 0.198 e. The van der Waals surface area contributed by atoms with Crippen LogP contribution in [0.5, 0.6) is 5.75 Å². The van der Waals surface area contributed by atoms with Crippen LogP contribution in [0, 0.1) is 0 Å². The van der Waals surface area contributed by atoms with E-state index in [1.807, 2.05) is 0 Å². The van der Waals surface area contributed by atoms with E-state index in [-0.39, 0.29) is 48.9 Å². The molecule has 0 atom stereocenters. The molecule has 0 saturated carbocycles. The number of hydrogen-bond donors (Lipinski definition) is 3. The van der Waals surface area contributed by atoms with Crippen molar-refractivity contribution in [1.29, 1.82) is 0 Å². The number of phenolic OH excluding ortho intramolecular Hbond substituents is 1. The van der Waals surface area contributed by atoms with Crippen molar-refractivity contribution in [2.24, 2.45) is 0 Å². The maximum absolute atomic E-state index is 13.4. The van der Waals surface area contributed by atoms with E-state index in [0.29, 0.717) is 32.8 Å². The van der Waals surface area contributed by atoms with E-state index in [4.69, 9.17) is 0 Å². The molecule has 0 aliphatic rings. The van der Waals surface area contributed by atoms with Gasteiger partial charge in [0.2, 0.25) is 0 Å². The van der Waals surface area contributed by atoms with Crippen LogP contribution < -0.4 is 21.7 Å². The largest absolute Gasteiger partial charge is 0.507 e. The van der Waals surface area contributed by atoms with Crippen molar-refractivity contribution in [2.45, 2.75) is 0 Å². The van der Waals surface area contributed by atoms with Gasteiger partial charge in [0.1, 0.15) is 5.75 Å². The number of H-pyrrole nitrogens is 2. The third-order valence-electron chi connectivity index (χ3n) is 6.79. The highest BCUT2D eigenvalue weighted by Gasteiger charge is 2.19. The number of nitrogens with one attached hydrogen (secondary N) is 2. The highest BCUT2D eigenvalue weighted by atomic mass is 16.3. The third kappa shape index (κ3) is 2.38. The topological polar surface area (TPSA) is 120 Å². The van der Waals surface area contributed by atoms with Gasteiger partial charge in [-0.25, -0.2) is 0 Å². The second-order valence-electron chi connectivity index (χ2n) is 8.64. The fraction of sp³-hybridized carbons (Fsp3) is 0. The van der Waals surface area contributed by atoms with E-state index in [1.165, 1.54) is 6.07 Å². The van der Waals surface area contributed by atoms with Crippen molar-refractivity contribution in [3.8, 4) is 5.75 Å². The van der Waals surface area contributed by atoms with Gasteiger partial charge in [0, 0.05) is 33.0 Å². The summed E-state index contributed by atoms with van der Waals surface area (Å²) in [7, 11) is 0. The zero-order valence-electron chi connectivity index (χ0n) is 17.9. The summed E-state index contributed by atoms with van der Waals surface area (Å²) in [6.07, 6.45) is 0. The second kappa shape index (κ2) is 6.51. The summed E-state index contributed by atoms with van der Waals surface area (Å²) < 4.78 is 0. The lowest BCUT2D eigenvalue weighted by molar-refractivity contribution is 0.482. The molecule has 1 heterocycles. The Morgan fingerprint density at radius 2 is 0.971 bits per heavy atom. The molecule has 3 N–H and O–H groups in total. The Bertz CT molecular complexity index is 2320. The Hall–Kier alpha value is -5.04. The van der Waals surface area contributed by atoms with Gasteiger partial charge in [-0.15, -0.1) is 0 Å². The number of fused-ring (bicyclic) bond motifs is 8. The summed E-state index contributed by atoms with van der Waals surface area (Å²) in [5.74, 6) is -0.345. The van der Waals surface area contributed by atoms with Crippen LogP contribution >= 0.6 is 0 Å². The highest BCUT2D eigenvalue weighted by molar-refractivity contribution is 6.15. The van der Waals surface area contributed by atoms with Crippen molar-refractivity contribution in [3.05, 3.63) is 108 Å². The molecule has 7 nitrogen and oxygen atoms in total. The Kier molecular flexibility index (Phi) is 3.62. The van der Waals surface area contributed by atoms with Crippen LogP contribution in [0.2, 0.25) is 0 Å². The van der Waals surface area contributed by atoms with Crippen LogP contribution in [0.15, 0.2) is 85.9 Å². The molecule has 0 radical (unpaired) electrons. The molecule has 7 aromatic rings. The summed E-state index contributed by atoms with van der Waals surface area (Å²) in [6.45, 7) is 0. The lowest BCUT2D eigenvalue weighted by Crippen LogP contribution is -2.15. The molecule has 0 aliphatic carbocycles. The number of benzene rings is 6. The first-order chi connectivity index (χ1) is 17.0. The lowest BCUT2D eigenvalue weighted by Gasteiger charge is -2.11. The fourth-order valence-electron chi connectivity index (χ4n) is 5.19. The van der Waals surface area contributed by atoms with Crippen LogP contribution in [0.25, 0.3) is 65.2 Å². The van der Waals surface area contributed by atoms with Gasteiger partial charge in [-0.3, -0.25) is 19.2 Å². The van der Waals surface area contributed by atoms with Crippen molar-refractivity contribution in [3.63, 3.8) is 0 Å². The monoisotopic (exact) mass is 458 g/mol. The lowest BCUT2D eigenvalue weighted by atomic mass is 9.99. The number of phenols is 1. The fourth-order valence-corrected chi connectivity index (χ4v) is 5.19. The van der Waals surface area contributed by atoms with Crippen LogP contribution in [0.1, 0.15) is 0 Å². The average molecular weight is 458 g/mol. The number of aromatic amines is 2. The third-order valence-corrected chi connectivity index (χ3v) is 6.79. The number of rotatable bonds is 0. The zero-order valence-corrected chi connectivity index (χ0v) is 17.9. The van der Waals surface area contributed by atoms with Crippen molar-refractivity contribution < 1.29 is 5.11 Å². The van der Waals surface area contributed by atoms with Gasteiger partial charge in [-0.05, 0) is 12.1 Å². The molecule has 1 aromatic heterocycles. The zero-order chi connectivity index (χ0) is 24.0. The first-order valence-electron chi connectivity index (χ1n) is 10.9. The number of aromatic hydroxyl groups is 1. The molecule has 0 fully saturated rings. The van der Waals surface area contributed by atoms with Gasteiger partial charge < -0.3 is 15.1 Å². The molecule has 7 rings (SSSR count). The van der Waals surface area contributed by atoms with E-state index in [2.05, 4.69) is 9.97 Å². The van der Waals surface area contributed by atoms with Gasteiger partial charge >= 0.3 is 0 Å². The molecule has 0 bridgehead atoms. The molecular formula is C28H14N2O5. The second-order valence-corrected chi connectivity index (χ2v) is 8.64. The molecule has 0 amide bonds. The Balaban J connectivity index is 1.75. The van der Waals surface area contributed by atoms with Crippen LogP contribution in [0.4, 0.5) is 0 Å². The summed E-state index contributed by atoms with van der Waals surface area (Å²) in [6, 6.07) is 17.7. The Morgan fingerprint density at radius 1 is 0.486 bits per heavy atom. The number of aromatic nitrogens is 2. The van der Waals surface area contributed by atoms with Crippen LogP contribution in [-0.2, 0) is 0 Å². The average Bonchev–Trinajstić information content (AvgIpc) is 2.88. The van der Waals surface area contributed by atoms with Gasteiger partial charge in [0.05, 0.1) is 38.2 Å². The van der Waals surface area contributed by atoms with E-state index in [9.17, 15) is 24.3 Å². The minimum Gasteiger partial charge on any atom is -0.507 e. The van der Waals surface area contributed by atoms with E-state index in [1.54, 1.807) is 60.7 Å². The predicted molar refractivity (Wildman–Crippen MR) is 138 cm³/mol. The van der Waals surface area contributed by atoms with Crippen molar-refractivity contribution >= 4 is 65.2 Å². The van der Waals surface area contributed by atoms with Crippen LogP contribution in [0.3, 0.4) is 0 Å². The minimum absolute atomic E-state index is 0.0623. The molecule has 0 aliphatic heterocycles. The van der Waals surface area contributed by atoms with Crippen molar-refractivity contribution in [1.82, 2.24) is 9.97 Å². The molecule has 6 aromatic carbocycles. The van der Waals surface area contributed by atoms with E-state index in [0.717, 1.165) is 0 Å². The minimum atomic E-state index is -0.439. The first-order valence-corrected chi connectivity index (χ1v) is 10.9. The maximum atomic E-state index is 13.4. The Morgan fingerprint density at radius 3 is 1.60 bits per heavy atom. The Labute approximate surface area is 193 Å². The van der Waals surface area contributed by atoms with Gasteiger partial charge in [0.15, 0.2) is 21.7 Å². The van der Waals surface area contributed by atoms with Crippen LogP contribution in [-0.4, -0.2) is 15.1 Å². The molecule has 0 saturated heterocycles.